The number of para-hydroxylation sites is 3. The van der Waals surface area contributed by atoms with Gasteiger partial charge < -0.3 is 13.9 Å². The van der Waals surface area contributed by atoms with Crippen molar-refractivity contribution >= 4 is 32.8 Å². The number of hydrogen-bond donors (Lipinski definition) is 0. The zero-order valence-electron chi connectivity index (χ0n) is 61.1. The first-order valence-electron chi connectivity index (χ1n) is 35.8. The van der Waals surface area contributed by atoms with E-state index in [4.69, 9.17) is 23.4 Å². The van der Waals surface area contributed by atoms with Crippen molar-refractivity contribution in [1.29, 1.82) is 0 Å². The van der Waals surface area contributed by atoms with Gasteiger partial charge in [0.15, 0.2) is 0 Å². The van der Waals surface area contributed by atoms with Gasteiger partial charge in [0, 0.05) is 71.4 Å². The van der Waals surface area contributed by atoms with Gasteiger partial charge in [0.25, 0.3) is 6.33 Å². The minimum atomic E-state index is -0.576. The van der Waals surface area contributed by atoms with Crippen molar-refractivity contribution in [2.24, 2.45) is 5.41 Å². The number of aromatic nitrogens is 4. The molecule has 18 rings (SSSR count). The van der Waals surface area contributed by atoms with Crippen LogP contribution >= 0.6 is 0 Å². The van der Waals surface area contributed by atoms with Crippen molar-refractivity contribution < 1.29 is 44.1 Å². The zero-order valence-corrected chi connectivity index (χ0v) is 53.3. The molecular formula is C85H64N4OPt-2. The maximum Gasteiger partial charge on any atom is 0.268 e. The predicted octanol–water partition coefficient (Wildman–Crippen LogP) is 19.5. The van der Waals surface area contributed by atoms with Crippen LogP contribution in [0, 0.1) is 23.9 Å². The second-order valence-electron chi connectivity index (χ2n) is 26.4. The second kappa shape index (κ2) is 19.4. The van der Waals surface area contributed by atoms with Gasteiger partial charge in [-0.25, -0.2) is 4.98 Å². The summed E-state index contributed by atoms with van der Waals surface area (Å²) in [5, 5.41) is 1.99. The number of nitrogens with zero attached hydrogens (tertiary/aromatic N) is 4. The van der Waals surface area contributed by atoms with Crippen LogP contribution in [0.15, 0.2) is 261 Å². The first-order valence-corrected chi connectivity index (χ1v) is 30.8. The van der Waals surface area contributed by atoms with Gasteiger partial charge in [-0.1, -0.05) is 254 Å². The smallest absolute Gasteiger partial charge is 0.268 e. The molecule has 0 N–H and O–H groups in total. The van der Waals surface area contributed by atoms with Gasteiger partial charge in [-0.2, -0.15) is 18.2 Å². The molecule has 4 aliphatic rings. The minimum Gasteiger partial charge on any atom is -0.510 e. The largest absolute Gasteiger partial charge is 0.510 e. The third-order valence-electron chi connectivity index (χ3n) is 21.5. The fourth-order valence-electron chi connectivity index (χ4n) is 18.4. The number of imidazole rings is 1. The molecule has 4 aliphatic carbocycles. The molecule has 0 amide bonds. The van der Waals surface area contributed by atoms with Crippen LogP contribution in [0.3, 0.4) is 0 Å². The van der Waals surface area contributed by atoms with E-state index in [1.165, 1.54) is 44.5 Å². The molecule has 3 aromatic heterocycles. The second-order valence-corrected chi connectivity index (χ2v) is 26.4. The quantitative estimate of drug-likeness (QED) is 0.112. The molecule has 0 bridgehead atoms. The normalized spacial score (nSPS) is 22.8. The van der Waals surface area contributed by atoms with E-state index in [0.717, 1.165) is 44.3 Å². The number of fused-ring (bicyclic) bond motifs is 16. The van der Waals surface area contributed by atoms with Crippen LogP contribution < -0.4 is 9.30 Å². The Morgan fingerprint density at radius 1 is 0.473 bits per heavy atom. The van der Waals surface area contributed by atoms with Crippen molar-refractivity contribution in [2.75, 3.05) is 0 Å². The summed E-state index contributed by atoms with van der Waals surface area (Å²) < 4.78 is 101. The van der Waals surface area contributed by atoms with E-state index in [2.05, 4.69) is 199 Å². The van der Waals surface area contributed by atoms with Crippen LogP contribution in [0.25, 0.3) is 83.4 Å². The minimum absolute atomic E-state index is 0. The molecular weight excluding hydrogens is 1290 g/mol. The van der Waals surface area contributed by atoms with Crippen molar-refractivity contribution in [3.63, 3.8) is 0 Å². The summed E-state index contributed by atoms with van der Waals surface area (Å²) in [5.74, 6) is 1.50. The van der Waals surface area contributed by atoms with E-state index >= 15 is 0 Å². The van der Waals surface area contributed by atoms with E-state index in [1.807, 2.05) is 48.7 Å². The molecule has 0 aliphatic heterocycles. The average molecular weight is 1360 g/mol. The Balaban J connectivity index is 0.00000760. The molecule has 442 valence electrons. The van der Waals surface area contributed by atoms with Crippen LogP contribution in [-0.4, -0.2) is 14.1 Å². The predicted molar refractivity (Wildman–Crippen MR) is 363 cm³/mol. The maximum atomic E-state index is 9.16. The molecule has 91 heavy (non-hydrogen) atoms. The van der Waals surface area contributed by atoms with Gasteiger partial charge in [-0.05, 0) is 124 Å². The fourth-order valence-corrected chi connectivity index (χ4v) is 18.4. The molecule has 14 aromatic rings. The van der Waals surface area contributed by atoms with Crippen molar-refractivity contribution in [3.05, 3.63) is 329 Å². The molecule has 5 unspecified atom stereocenters. The van der Waals surface area contributed by atoms with E-state index in [0.29, 0.717) is 28.2 Å². The third-order valence-corrected chi connectivity index (χ3v) is 21.5. The zero-order chi connectivity index (χ0) is 69.4. The molecule has 0 saturated carbocycles. The number of rotatable bonds is 8. The Kier molecular flexibility index (Phi) is 9.72. The standard InChI is InChI=1S/C85H64N4O.Pt/c1-80(2,3)58-46-47-86-78(50-58)89-74-45-41-56(57-40-44-72-73(49-57)84(7)71-37-19-18-36-70(71)82(5)67-33-15-14-32-66(67)81(4)68-34-16-17-35-69(68)83(72,6)85(81,82)84)48-65(74)64-43-42-61(52-77(64)89)90-60-29-22-28-59(51-60)87-53-88(76-39-21-20-38-75(76)87)79-62(54-24-10-8-11-25-54)30-23-31-63(79)55-26-12-9-13-27-55;/h8-50H,1-7H3;/q-2;/i8D,9D,10D,11D,12D,13D,24D,25D,26D,27D;. The summed E-state index contributed by atoms with van der Waals surface area (Å²) in [4.78, 5) is 5.06. The first kappa shape index (κ1) is 45.6. The Hall–Kier alpha value is -9.67. The van der Waals surface area contributed by atoms with Crippen LogP contribution in [0.1, 0.15) is 112 Å². The SMILES string of the molecule is [2H]c1c([2H])c([2H])c(-c2cccc(-c3c([2H])c([2H])c([2H])c([2H])c3[2H])c2-[n+]2[c-]n(-c3[c-]c(Oc4[c-]c5c(cc4)c4cc(-c6ccc7c(c6)C6(C)c8ccccc8C8(C)c9ccccc9C9(C)c%10ccccc%10C7(C)C986)ccc4n5-c4cc(C(C)(C)C)ccn4)ccc3)c3ccccc32)c([2H])c1[2H].[Pt]. The van der Waals surface area contributed by atoms with Gasteiger partial charge in [-0.3, -0.25) is 4.57 Å². The van der Waals surface area contributed by atoms with Gasteiger partial charge in [0.05, 0.1) is 30.4 Å². The average Bonchev–Trinajstić information content (AvgIpc) is 1.41. The van der Waals surface area contributed by atoms with Gasteiger partial charge in [0.2, 0.25) is 0 Å². The molecule has 0 radical (unpaired) electrons. The van der Waals surface area contributed by atoms with Crippen molar-refractivity contribution in [1.82, 2.24) is 14.1 Å². The molecule has 11 aromatic carbocycles. The fraction of sp³-hybridized carbons (Fsp3) is 0.153. The number of pyridine rings is 1. The Labute approximate surface area is 560 Å². The molecule has 0 saturated heterocycles. The summed E-state index contributed by atoms with van der Waals surface area (Å²) >= 11 is 0. The summed E-state index contributed by atoms with van der Waals surface area (Å²) in [5.41, 5.74) is 16.2. The summed E-state index contributed by atoms with van der Waals surface area (Å²) in [6.07, 6.45) is 5.34. The van der Waals surface area contributed by atoms with E-state index in [9.17, 15) is 0 Å². The molecule has 5 nitrogen and oxygen atoms in total. The summed E-state index contributed by atoms with van der Waals surface area (Å²) in [6, 6.07) is 69.8. The summed E-state index contributed by atoms with van der Waals surface area (Å²) in [7, 11) is 0. The van der Waals surface area contributed by atoms with Gasteiger partial charge in [0.1, 0.15) is 5.82 Å². The molecule has 0 fully saturated rings. The Morgan fingerprint density at radius 2 is 1.00 bits per heavy atom. The van der Waals surface area contributed by atoms with E-state index in [-0.39, 0.29) is 76.1 Å². The number of benzene rings is 11. The molecule has 5 atom stereocenters. The Morgan fingerprint density at radius 3 is 1.60 bits per heavy atom. The number of hydrogen-bond acceptors (Lipinski definition) is 2. The van der Waals surface area contributed by atoms with Crippen LogP contribution in [0.4, 0.5) is 0 Å². The maximum absolute atomic E-state index is 9.16. The van der Waals surface area contributed by atoms with Crippen LogP contribution in [-0.2, 0) is 48.1 Å². The van der Waals surface area contributed by atoms with E-state index in [1.54, 1.807) is 33.4 Å². The van der Waals surface area contributed by atoms with Gasteiger partial charge in [-0.15, -0.1) is 29.7 Å². The molecule has 6 heteroatoms. The van der Waals surface area contributed by atoms with Crippen molar-refractivity contribution in [3.8, 4) is 62.1 Å². The topological polar surface area (TPSA) is 35.9 Å². The summed E-state index contributed by atoms with van der Waals surface area (Å²) in [6.45, 7) is 16.9. The van der Waals surface area contributed by atoms with Crippen molar-refractivity contribution in [2.45, 2.75) is 75.5 Å². The first-order chi connectivity index (χ1) is 47.9. The third kappa shape index (κ3) is 7.00. The van der Waals surface area contributed by atoms with E-state index < -0.39 is 65.8 Å². The van der Waals surface area contributed by atoms with Crippen LogP contribution in [0.5, 0.6) is 11.5 Å². The molecule has 3 heterocycles. The van der Waals surface area contributed by atoms with Crippen LogP contribution in [0.2, 0.25) is 0 Å². The number of ether oxygens (including phenoxy) is 1. The monoisotopic (exact) mass is 1360 g/mol. The molecule has 1 spiro atoms. The Bertz CT molecular complexity index is 5830. The van der Waals surface area contributed by atoms with Gasteiger partial charge >= 0.3 is 0 Å².